The van der Waals surface area contributed by atoms with Crippen LogP contribution in [0.15, 0.2) is 29.1 Å². The molecule has 17 heavy (non-hydrogen) atoms. The molecule has 0 amide bonds. The van der Waals surface area contributed by atoms with Crippen molar-refractivity contribution in [1.29, 1.82) is 0 Å². The van der Waals surface area contributed by atoms with Crippen molar-refractivity contribution >= 4 is 28.5 Å². The third-order valence-electron chi connectivity index (χ3n) is 2.61. The number of hydrogen-bond donors (Lipinski definition) is 1. The first kappa shape index (κ1) is 11.7. The molecule has 0 aliphatic rings. The maximum Gasteiger partial charge on any atom is 0.335 e. The number of pyridine rings is 1. The number of halogens is 1. The molecule has 0 radical (unpaired) electrons. The summed E-state index contributed by atoms with van der Waals surface area (Å²) in [6, 6.07) is 6.11. The van der Waals surface area contributed by atoms with Crippen LogP contribution >= 0.6 is 11.6 Å². The standard InChI is InChI=1S/C12H10ClNO3/c1-2-14-10-4-3-7(12(16)17)5-8(10)6-9(13)11(14)15/h3-6H,2H2,1H3,(H,16,17). The Hall–Kier alpha value is -1.81. The molecule has 2 aromatic rings. The number of aromatic nitrogens is 1. The second kappa shape index (κ2) is 4.22. The molecular weight excluding hydrogens is 242 g/mol. The molecule has 1 aromatic carbocycles. The molecule has 0 bridgehead atoms. The summed E-state index contributed by atoms with van der Waals surface area (Å²) in [6.45, 7) is 2.32. The molecule has 1 heterocycles. The predicted molar refractivity (Wildman–Crippen MR) is 65.9 cm³/mol. The van der Waals surface area contributed by atoms with Crippen LogP contribution in [0.25, 0.3) is 10.9 Å². The number of carbonyl (C=O) groups is 1. The molecule has 0 spiro atoms. The van der Waals surface area contributed by atoms with Gasteiger partial charge >= 0.3 is 5.97 Å². The maximum atomic E-state index is 11.7. The molecule has 0 saturated carbocycles. The number of nitrogens with zero attached hydrogens (tertiary/aromatic N) is 1. The summed E-state index contributed by atoms with van der Waals surface area (Å²) >= 11 is 5.82. The minimum atomic E-state index is -1.00. The van der Waals surface area contributed by atoms with Gasteiger partial charge in [-0.2, -0.15) is 0 Å². The van der Waals surface area contributed by atoms with Gasteiger partial charge in [-0.3, -0.25) is 4.79 Å². The highest BCUT2D eigenvalue weighted by Gasteiger charge is 2.09. The van der Waals surface area contributed by atoms with Crippen molar-refractivity contribution in [1.82, 2.24) is 4.57 Å². The Morgan fingerprint density at radius 1 is 1.41 bits per heavy atom. The highest BCUT2D eigenvalue weighted by molar-refractivity contribution is 6.31. The summed E-state index contributed by atoms with van der Waals surface area (Å²) in [5.74, 6) is -1.00. The summed E-state index contributed by atoms with van der Waals surface area (Å²) in [6.07, 6.45) is 0. The van der Waals surface area contributed by atoms with Gasteiger partial charge in [0.15, 0.2) is 0 Å². The SMILES string of the molecule is CCn1c(=O)c(Cl)cc2cc(C(=O)O)ccc21. The Kier molecular flexibility index (Phi) is 2.90. The summed E-state index contributed by atoms with van der Waals surface area (Å²) in [5.41, 5.74) is 0.603. The average Bonchev–Trinajstić information content (AvgIpc) is 2.30. The second-order valence-electron chi connectivity index (χ2n) is 3.62. The Bertz CT molecular complexity index is 661. The van der Waals surface area contributed by atoms with Gasteiger partial charge in [0, 0.05) is 11.9 Å². The normalized spacial score (nSPS) is 10.7. The molecule has 88 valence electrons. The van der Waals surface area contributed by atoms with Gasteiger partial charge in [0.25, 0.3) is 5.56 Å². The maximum absolute atomic E-state index is 11.7. The van der Waals surface area contributed by atoms with E-state index in [1.807, 2.05) is 6.92 Å². The molecule has 2 rings (SSSR count). The van der Waals surface area contributed by atoms with E-state index >= 15 is 0 Å². The number of rotatable bonds is 2. The Morgan fingerprint density at radius 2 is 2.12 bits per heavy atom. The monoisotopic (exact) mass is 251 g/mol. The zero-order valence-electron chi connectivity index (χ0n) is 9.11. The van der Waals surface area contributed by atoms with Crippen molar-refractivity contribution < 1.29 is 9.90 Å². The van der Waals surface area contributed by atoms with E-state index in [9.17, 15) is 9.59 Å². The summed E-state index contributed by atoms with van der Waals surface area (Å²) in [4.78, 5) is 22.6. The molecular formula is C12H10ClNO3. The molecule has 4 nitrogen and oxygen atoms in total. The zero-order chi connectivity index (χ0) is 12.6. The summed E-state index contributed by atoms with van der Waals surface area (Å²) in [5, 5.41) is 9.64. The Morgan fingerprint density at radius 3 is 2.71 bits per heavy atom. The van der Waals surface area contributed by atoms with Crippen molar-refractivity contribution in [2.75, 3.05) is 0 Å². The number of benzene rings is 1. The first-order valence-corrected chi connectivity index (χ1v) is 5.48. The molecule has 1 N–H and O–H groups in total. The van der Waals surface area contributed by atoms with E-state index in [-0.39, 0.29) is 16.1 Å². The molecule has 0 saturated heterocycles. The van der Waals surface area contributed by atoms with Crippen LogP contribution in [0.1, 0.15) is 17.3 Å². The van der Waals surface area contributed by atoms with Crippen molar-refractivity contribution in [3.8, 4) is 0 Å². The van der Waals surface area contributed by atoms with Gasteiger partial charge < -0.3 is 9.67 Å². The van der Waals surface area contributed by atoms with Crippen molar-refractivity contribution in [2.45, 2.75) is 13.5 Å². The number of aromatic carboxylic acids is 1. The van der Waals surface area contributed by atoms with Gasteiger partial charge in [-0.25, -0.2) is 4.79 Å². The molecule has 0 unspecified atom stereocenters. The number of hydrogen-bond acceptors (Lipinski definition) is 2. The van der Waals surface area contributed by atoms with Crippen LogP contribution in [0.3, 0.4) is 0 Å². The number of aryl methyl sites for hydroxylation is 1. The molecule has 5 heteroatoms. The molecule has 1 aromatic heterocycles. The Labute approximate surface area is 102 Å². The molecule has 0 fully saturated rings. The van der Waals surface area contributed by atoms with E-state index < -0.39 is 5.97 Å². The van der Waals surface area contributed by atoms with E-state index in [2.05, 4.69) is 0 Å². The first-order chi connectivity index (χ1) is 8.04. The summed E-state index contributed by atoms with van der Waals surface area (Å²) in [7, 11) is 0. The van der Waals surface area contributed by atoms with Crippen LogP contribution in [-0.4, -0.2) is 15.6 Å². The average molecular weight is 252 g/mol. The third kappa shape index (κ3) is 1.91. The van der Waals surface area contributed by atoms with Crippen LogP contribution < -0.4 is 5.56 Å². The van der Waals surface area contributed by atoms with Crippen molar-refractivity contribution in [2.24, 2.45) is 0 Å². The lowest BCUT2D eigenvalue weighted by Gasteiger charge is -2.09. The lowest BCUT2D eigenvalue weighted by Crippen LogP contribution is -2.19. The minimum absolute atomic E-state index is 0.0990. The van der Waals surface area contributed by atoms with Crippen LogP contribution in [0.2, 0.25) is 5.02 Å². The Balaban J connectivity index is 2.85. The van der Waals surface area contributed by atoms with Crippen LogP contribution in [0.4, 0.5) is 0 Å². The number of fused-ring (bicyclic) bond motifs is 1. The van der Waals surface area contributed by atoms with Gasteiger partial charge in [0.05, 0.1) is 11.1 Å². The quantitative estimate of drug-likeness (QED) is 0.891. The van der Waals surface area contributed by atoms with E-state index in [1.54, 1.807) is 6.07 Å². The minimum Gasteiger partial charge on any atom is -0.478 e. The fourth-order valence-corrected chi connectivity index (χ4v) is 2.02. The number of carboxylic acid groups (broad SMARTS) is 1. The van der Waals surface area contributed by atoms with E-state index in [0.29, 0.717) is 17.4 Å². The smallest absolute Gasteiger partial charge is 0.335 e. The van der Waals surface area contributed by atoms with E-state index in [4.69, 9.17) is 16.7 Å². The van der Waals surface area contributed by atoms with Gasteiger partial charge in [0.2, 0.25) is 0 Å². The second-order valence-corrected chi connectivity index (χ2v) is 4.03. The first-order valence-electron chi connectivity index (χ1n) is 5.11. The fraction of sp³-hybridized carbons (Fsp3) is 0.167. The van der Waals surface area contributed by atoms with Crippen molar-refractivity contribution in [3.63, 3.8) is 0 Å². The van der Waals surface area contributed by atoms with Gasteiger partial charge in [0.1, 0.15) is 5.02 Å². The fourth-order valence-electron chi connectivity index (χ4n) is 1.80. The van der Waals surface area contributed by atoms with Crippen LogP contribution in [-0.2, 0) is 6.54 Å². The van der Waals surface area contributed by atoms with Crippen molar-refractivity contribution in [3.05, 3.63) is 45.2 Å². The molecule has 0 aliphatic carbocycles. The third-order valence-corrected chi connectivity index (χ3v) is 2.88. The lowest BCUT2D eigenvalue weighted by molar-refractivity contribution is 0.0697. The largest absolute Gasteiger partial charge is 0.478 e. The van der Waals surface area contributed by atoms with Gasteiger partial charge in [-0.1, -0.05) is 11.6 Å². The highest BCUT2D eigenvalue weighted by atomic mass is 35.5. The topological polar surface area (TPSA) is 59.3 Å². The molecule has 0 atom stereocenters. The highest BCUT2D eigenvalue weighted by Crippen LogP contribution is 2.18. The lowest BCUT2D eigenvalue weighted by atomic mass is 10.1. The summed E-state index contributed by atoms with van der Waals surface area (Å²) < 4.78 is 1.52. The predicted octanol–water partition coefficient (Wildman–Crippen LogP) is 2.37. The van der Waals surface area contributed by atoms with E-state index in [1.165, 1.54) is 22.8 Å². The van der Waals surface area contributed by atoms with Crippen LogP contribution in [0, 0.1) is 0 Å². The molecule has 0 aliphatic heterocycles. The zero-order valence-corrected chi connectivity index (χ0v) is 9.86. The van der Waals surface area contributed by atoms with Gasteiger partial charge in [-0.15, -0.1) is 0 Å². The number of carboxylic acids is 1. The van der Waals surface area contributed by atoms with Crippen LogP contribution in [0.5, 0.6) is 0 Å². The van der Waals surface area contributed by atoms with Gasteiger partial charge in [-0.05, 0) is 31.2 Å². The van der Waals surface area contributed by atoms with E-state index in [0.717, 1.165) is 0 Å².